The van der Waals surface area contributed by atoms with Gasteiger partial charge in [-0.15, -0.1) is 0 Å². The predicted octanol–water partition coefficient (Wildman–Crippen LogP) is 3.53. The van der Waals surface area contributed by atoms with Crippen LogP contribution in [0.1, 0.15) is 16.1 Å². The number of pyridine rings is 1. The van der Waals surface area contributed by atoms with Crippen molar-refractivity contribution in [2.75, 3.05) is 11.1 Å². The Morgan fingerprint density at radius 3 is 2.58 bits per heavy atom. The van der Waals surface area contributed by atoms with Gasteiger partial charge in [-0.1, -0.05) is 23.2 Å². The molecule has 0 bridgehead atoms. The second kappa shape index (κ2) is 5.47. The summed E-state index contributed by atoms with van der Waals surface area (Å²) < 4.78 is 0. The number of anilines is 2. The van der Waals surface area contributed by atoms with Crippen LogP contribution in [0.25, 0.3) is 0 Å². The van der Waals surface area contributed by atoms with Crippen LogP contribution in [0.4, 0.5) is 11.5 Å². The van der Waals surface area contributed by atoms with Gasteiger partial charge in [-0.2, -0.15) is 0 Å². The maximum Gasteiger partial charge on any atom is 0.256 e. The van der Waals surface area contributed by atoms with Crippen molar-refractivity contribution in [1.29, 1.82) is 0 Å². The lowest BCUT2D eigenvalue weighted by atomic mass is 10.2. The number of amides is 1. The van der Waals surface area contributed by atoms with Gasteiger partial charge in [0.25, 0.3) is 5.91 Å². The predicted molar refractivity (Wildman–Crippen MR) is 77.8 cm³/mol. The largest absolute Gasteiger partial charge is 0.397 e. The number of aryl methyl sites for hydroxylation is 1. The molecule has 98 valence electrons. The molecule has 19 heavy (non-hydrogen) atoms. The second-order valence-corrected chi connectivity index (χ2v) is 4.77. The molecule has 0 saturated carbocycles. The summed E-state index contributed by atoms with van der Waals surface area (Å²) in [6.45, 7) is 1.77. The lowest BCUT2D eigenvalue weighted by Crippen LogP contribution is -2.13. The molecule has 0 aliphatic carbocycles. The van der Waals surface area contributed by atoms with Crippen LogP contribution in [0.3, 0.4) is 0 Å². The van der Waals surface area contributed by atoms with Crippen LogP contribution >= 0.6 is 23.2 Å². The van der Waals surface area contributed by atoms with Crippen LogP contribution in [-0.4, -0.2) is 10.9 Å². The molecule has 1 aromatic carbocycles. The minimum absolute atomic E-state index is 0.310. The minimum Gasteiger partial charge on any atom is -0.397 e. The standard InChI is InChI=1S/C13H11Cl2N3O/c1-7-11(16)4-5-12(17-7)18-13(19)8-2-3-9(14)10(15)6-8/h2-6H,16H2,1H3,(H,17,18,19). The Balaban J connectivity index is 2.20. The molecule has 0 fully saturated rings. The van der Waals surface area contributed by atoms with Gasteiger partial charge in [-0.05, 0) is 37.3 Å². The highest BCUT2D eigenvalue weighted by atomic mass is 35.5. The molecule has 2 aromatic rings. The highest BCUT2D eigenvalue weighted by Gasteiger charge is 2.09. The molecular formula is C13H11Cl2N3O. The van der Waals surface area contributed by atoms with Gasteiger partial charge in [-0.3, -0.25) is 4.79 Å². The van der Waals surface area contributed by atoms with Crippen LogP contribution < -0.4 is 11.1 Å². The van der Waals surface area contributed by atoms with Crippen molar-refractivity contribution in [3.05, 3.63) is 51.6 Å². The zero-order valence-electron chi connectivity index (χ0n) is 10.1. The monoisotopic (exact) mass is 295 g/mol. The molecule has 0 spiro atoms. The second-order valence-electron chi connectivity index (χ2n) is 3.95. The van der Waals surface area contributed by atoms with E-state index < -0.39 is 0 Å². The number of nitrogens with one attached hydrogen (secondary N) is 1. The number of carbonyl (C=O) groups is 1. The number of nitrogens with zero attached hydrogens (tertiary/aromatic N) is 1. The molecule has 6 heteroatoms. The molecule has 0 aliphatic rings. The Hall–Kier alpha value is -1.78. The Bertz CT molecular complexity index is 644. The van der Waals surface area contributed by atoms with Gasteiger partial charge in [0.15, 0.2) is 0 Å². The first-order valence-electron chi connectivity index (χ1n) is 5.47. The fraction of sp³-hybridized carbons (Fsp3) is 0.0769. The number of carbonyl (C=O) groups excluding carboxylic acids is 1. The summed E-state index contributed by atoms with van der Waals surface area (Å²) in [7, 11) is 0. The molecule has 0 unspecified atom stereocenters. The van der Waals surface area contributed by atoms with Crippen LogP contribution in [0, 0.1) is 6.92 Å². The van der Waals surface area contributed by atoms with Gasteiger partial charge < -0.3 is 11.1 Å². The van der Waals surface area contributed by atoms with Crippen LogP contribution in [-0.2, 0) is 0 Å². The molecular weight excluding hydrogens is 285 g/mol. The number of nitrogen functional groups attached to an aromatic ring is 1. The quantitative estimate of drug-likeness (QED) is 0.890. The molecule has 0 aliphatic heterocycles. The van der Waals surface area contributed by atoms with E-state index in [9.17, 15) is 4.79 Å². The molecule has 4 nitrogen and oxygen atoms in total. The van der Waals surface area contributed by atoms with Crippen molar-refractivity contribution < 1.29 is 4.79 Å². The van der Waals surface area contributed by atoms with Gasteiger partial charge in [0.2, 0.25) is 0 Å². The first-order valence-corrected chi connectivity index (χ1v) is 6.22. The maximum atomic E-state index is 12.0. The lowest BCUT2D eigenvalue weighted by Gasteiger charge is -2.07. The number of halogens is 2. The van der Waals surface area contributed by atoms with Crippen LogP contribution in [0.2, 0.25) is 10.0 Å². The smallest absolute Gasteiger partial charge is 0.256 e. The molecule has 0 radical (unpaired) electrons. The molecule has 2 rings (SSSR count). The van der Waals surface area contributed by atoms with Crippen molar-refractivity contribution in [3.63, 3.8) is 0 Å². The summed E-state index contributed by atoms with van der Waals surface area (Å²) in [6.07, 6.45) is 0. The Morgan fingerprint density at radius 2 is 1.95 bits per heavy atom. The van der Waals surface area contributed by atoms with E-state index in [1.54, 1.807) is 31.2 Å². The number of hydrogen-bond acceptors (Lipinski definition) is 3. The van der Waals surface area contributed by atoms with E-state index in [1.165, 1.54) is 6.07 Å². The van der Waals surface area contributed by atoms with E-state index in [2.05, 4.69) is 10.3 Å². The zero-order valence-corrected chi connectivity index (χ0v) is 11.6. The normalized spacial score (nSPS) is 10.3. The zero-order chi connectivity index (χ0) is 14.0. The first kappa shape index (κ1) is 13.6. The molecule has 0 saturated heterocycles. The topological polar surface area (TPSA) is 68.0 Å². The number of hydrogen-bond donors (Lipinski definition) is 2. The van der Waals surface area contributed by atoms with E-state index in [1.807, 2.05) is 0 Å². The van der Waals surface area contributed by atoms with Gasteiger partial charge in [-0.25, -0.2) is 4.98 Å². The molecule has 1 aromatic heterocycles. The lowest BCUT2D eigenvalue weighted by molar-refractivity contribution is 0.102. The first-order chi connectivity index (χ1) is 8.97. The van der Waals surface area contributed by atoms with Crippen molar-refractivity contribution >= 4 is 40.6 Å². The van der Waals surface area contributed by atoms with E-state index in [0.717, 1.165) is 0 Å². The molecule has 0 atom stereocenters. The van der Waals surface area contributed by atoms with Gasteiger partial charge in [0.05, 0.1) is 21.4 Å². The highest BCUT2D eigenvalue weighted by Crippen LogP contribution is 2.23. The summed E-state index contributed by atoms with van der Waals surface area (Å²) in [6, 6.07) is 7.99. The Labute approximate surface area is 120 Å². The maximum absolute atomic E-state index is 12.0. The van der Waals surface area contributed by atoms with Crippen molar-refractivity contribution in [2.45, 2.75) is 6.92 Å². The van der Waals surface area contributed by atoms with E-state index in [-0.39, 0.29) is 5.91 Å². The van der Waals surface area contributed by atoms with Gasteiger partial charge in [0, 0.05) is 5.56 Å². The number of aromatic nitrogens is 1. The fourth-order valence-corrected chi connectivity index (χ4v) is 1.77. The van der Waals surface area contributed by atoms with Crippen molar-refractivity contribution in [2.24, 2.45) is 0 Å². The van der Waals surface area contributed by atoms with Gasteiger partial charge in [0.1, 0.15) is 5.82 Å². The third-order valence-electron chi connectivity index (χ3n) is 2.55. The average Bonchev–Trinajstić information content (AvgIpc) is 2.37. The number of benzene rings is 1. The SMILES string of the molecule is Cc1nc(NC(=O)c2ccc(Cl)c(Cl)c2)ccc1N. The Morgan fingerprint density at radius 1 is 1.21 bits per heavy atom. The molecule has 1 heterocycles. The highest BCUT2D eigenvalue weighted by molar-refractivity contribution is 6.42. The van der Waals surface area contributed by atoms with Crippen LogP contribution in [0.5, 0.6) is 0 Å². The summed E-state index contributed by atoms with van der Waals surface area (Å²) in [5.74, 6) is 0.123. The summed E-state index contributed by atoms with van der Waals surface area (Å²) in [4.78, 5) is 16.2. The van der Waals surface area contributed by atoms with Crippen molar-refractivity contribution in [1.82, 2.24) is 4.98 Å². The third kappa shape index (κ3) is 3.16. The van der Waals surface area contributed by atoms with Crippen molar-refractivity contribution in [3.8, 4) is 0 Å². The third-order valence-corrected chi connectivity index (χ3v) is 3.29. The number of rotatable bonds is 2. The summed E-state index contributed by atoms with van der Waals surface area (Å²) in [5, 5.41) is 3.40. The average molecular weight is 296 g/mol. The van der Waals surface area contributed by atoms with E-state index in [4.69, 9.17) is 28.9 Å². The van der Waals surface area contributed by atoms with Crippen LogP contribution in [0.15, 0.2) is 30.3 Å². The fourth-order valence-electron chi connectivity index (χ4n) is 1.47. The van der Waals surface area contributed by atoms with E-state index >= 15 is 0 Å². The Kier molecular flexibility index (Phi) is 3.93. The summed E-state index contributed by atoms with van der Waals surface area (Å²) in [5.41, 5.74) is 7.30. The molecule has 3 N–H and O–H groups in total. The number of nitrogens with two attached hydrogens (primary N) is 1. The summed E-state index contributed by atoms with van der Waals surface area (Å²) >= 11 is 11.7. The molecule has 1 amide bonds. The van der Waals surface area contributed by atoms with E-state index in [0.29, 0.717) is 32.8 Å². The van der Waals surface area contributed by atoms with Gasteiger partial charge >= 0.3 is 0 Å². The minimum atomic E-state index is -0.310.